The number of likely N-dealkylation sites (N-methyl/N-ethyl adjacent to an activating group) is 1. The van der Waals surface area contributed by atoms with E-state index in [1.807, 2.05) is 37.4 Å². The molecule has 2 aromatic rings. The molecule has 0 aliphatic carbocycles. The fourth-order valence-electron chi connectivity index (χ4n) is 2.29. The van der Waals surface area contributed by atoms with Crippen LogP contribution in [-0.4, -0.2) is 17.9 Å². The van der Waals surface area contributed by atoms with E-state index in [4.69, 9.17) is 0 Å². The molecular formula is C18H21NO. The van der Waals surface area contributed by atoms with E-state index in [1.54, 1.807) is 4.90 Å². The number of hydrogen-bond donors (Lipinski definition) is 0. The topological polar surface area (TPSA) is 20.3 Å². The summed E-state index contributed by atoms with van der Waals surface area (Å²) in [5, 5.41) is 0. The Morgan fingerprint density at radius 3 is 2.40 bits per heavy atom. The Labute approximate surface area is 121 Å². The average Bonchev–Trinajstić information content (AvgIpc) is 2.43. The summed E-state index contributed by atoms with van der Waals surface area (Å²) in [5.41, 5.74) is 4.69. The smallest absolute Gasteiger partial charge is 0.227 e. The molecule has 0 aliphatic rings. The summed E-state index contributed by atoms with van der Waals surface area (Å²) >= 11 is 0. The predicted octanol–water partition coefficient (Wildman–Crippen LogP) is 3.50. The Hall–Kier alpha value is -2.09. The van der Waals surface area contributed by atoms with Crippen molar-refractivity contribution in [1.82, 2.24) is 4.90 Å². The highest BCUT2D eigenvalue weighted by molar-refractivity contribution is 5.78. The average molecular weight is 267 g/mol. The van der Waals surface area contributed by atoms with Crippen molar-refractivity contribution in [2.75, 3.05) is 7.05 Å². The molecule has 104 valence electrons. The zero-order valence-electron chi connectivity index (χ0n) is 12.4. The van der Waals surface area contributed by atoms with Crippen molar-refractivity contribution in [3.63, 3.8) is 0 Å². The first kappa shape index (κ1) is 14.3. The molecule has 0 saturated heterocycles. The number of benzene rings is 2. The fourth-order valence-corrected chi connectivity index (χ4v) is 2.29. The van der Waals surface area contributed by atoms with Crippen molar-refractivity contribution < 1.29 is 4.79 Å². The van der Waals surface area contributed by atoms with Crippen LogP contribution in [0.1, 0.15) is 22.3 Å². The number of amides is 1. The molecular weight excluding hydrogens is 246 g/mol. The maximum absolute atomic E-state index is 12.3. The van der Waals surface area contributed by atoms with E-state index in [1.165, 1.54) is 11.1 Å². The van der Waals surface area contributed by atoms with E-state index in [2.05, 4.69) is 32.0 Å². The van der Waals surface area contributed by atoms with Crippen LogP contribution < -0.4 is 0 Å². The lowest BCUT2D eigenvalue weighted by Crippen LogP contribution is -2.27. The van der Waals surface area contributed by atoms with E-state index >= 15 is 0 Å². The lowest BCUT2D eigenvalue weighted by Gasteiger charge is -2.18. The molecule has 0 N–H and O–H groups in total. The van der Waals surface area contributed by atoms with E-state index in [-0.39, 0.29) is 5.91 Å². The lowest BCUT2D eigenvalue weighted by atomic mass is 10.0. The van der Waals surface area contributed by atoms with Crippen molar-refractivity contribution in [3.8, 4) is 0 Å². The largest absolute Gasteiger partial charge is 0.341 e. The lowest BCUT2D eigenvalue weighted by molar-refractivity contribution is -0.129. The van der Waals surface area contributed by atoms with Gasteiger partial charge in [-0.3, -0.25) is 4.79 Å². The summed E-state index contributed by atoms with van der Waals surface area (Å²) in [7, 11) is 1.86. The maximum atomic E-state index is 12.3. The number of nitrogens with zero attached hydrogens (tertiary/aromatic N) is 1. The number of carbonyl (C=O) groups is 1. The van der Waals surface area contributed by atoms with Gasteiger partial charge in [-0.2, -0.15) is 0 Å². The molecule has 2 rings (SSSR count). The number of carbonyl (C=O) groups excluding carboxylic acids is 1. The molecule has 0 atom stereocenters. The van der Waals surface area contributed by atoms with E-state index in [9.17, 15) is 4.79 Å². The highest BCUT2D eigenvalue weighted by Gasteiger charge is 2.11. The molecule has 0 radical (unpaired) electrons. The molecule has 2 nitrogen and oxygen atoms in total. The first-order valence-corrected chi connectivity index (χ1v) is 6.90. The van der Waals surface area contributed by atoms with Crippen molar-refractivity contribution in [3.05, 3.63) is 70.8 Å². The first-order chi connectivity index (χ1) is 9.56. The van der Waals surface area contributed by atoms with Crippen LogP contribution in [0.3, 0.4) is 0 Å². The molecule has 2 aromatic carbocycles. The quantitative estimate of drug-likeness (QED) is 0.830. The van der Waals surface area contributed by atoms with Crippen molar-refractivity contribution >= 4 is 5.91 Å². The van der Waals surface area contributed by atoms with Gasteiger partial charge in [0, 0.05) is 13.6 Å². The zero-order valence-corrected chi connectivity index (χ0v) is 12.4. The van der Waals surface area contributed by atoms with E-state index in [0.29, 0.717) is 13.0 Å². The summed E-state index contributed by atoms with van der Waals surface area (Å²) < 4.78 is 0. The maximum Gasteiger partial charge on any atom is 0.227 e. The Morgan fingerprint density at radius 2 is 1.75 bits per heavy atom. The molecule has 0 spiro atoms. The van der Waals surface area contributed by atoms with Crippen LogP contribution in [0.4, 0.5) is 0 Å². The van der Waals surface area contributed by atoms with E-state index < -0.39 is 0 Å². The second-order valence-electron chi connectivity index (χ2n) is 5.34. The monoisotopic (exact) mass is 267 g/mol. The van der Waals surface area contributed by atoms with Crippen LogP contribution in [-0.2, 0) is 17.8 Å². The third-order valence-corrected chi connectivity index (χ3v) is 3.53. The Kier molecular flexibility index (Phi) is 4.57. The minimum Gasteiger partial charge on any atom is -0.341 e. The Balaban J connectivity index is 2.01. The number of rotatable bonds is 4. The minimum atomic E-state index is 0.154. The van der Waals surface area contributed by atoms with Gasteiger partial charge in [-0.25, -0.2) is 0 Å². The molecule has 0 fully saturated rings. The van der Waals surface area contributed by atoms with Crippen LogP contribution in [0.15, 0.2) is 48.5 Å². The predicted molar refractivity (Wildman–Crippen MR) is 82.5 cm³/mol. The summed E-state index contributed by atoms with van der Waals surface area (Å²) in [6.07, 6.45) is 0.468. The second-order valence-corrected chi connectivity index (χ2v) is 5.34. The van der Waals surface area contributed by atoms with Gasteiger partial charge in [-0.15, -0.1) is 0 Å². The molecule has 20 heavy (non-hydrogen) atoms. The molecule has 0 aliphatic heterocycles. The van der Waals surface area contributed by atoms with Crippen LogP contribution in [0, 0.1) is 13.8 Å². The summed E-state index contributed by atoms with van der Waals surface area (Å²) in [6, 6.07) is 16.3. The fraction of sp³-hybridized carbons (Fsp3) is 0.278. The SMILES string of the molecule is Cc1ccc(CC(=O)N(C)Cc2ccccc2)c(C)c1. The van der Waals surface area contributed by atoms with Crippen LogP contribution in [0.5, 0.6) is 0 Å². The second kappa shape index (κ2) is 6.38. The van der Waals surface area contributed by atoms with Crippen LogP contribution >= 0.6 is 0 Å². The van der Waals surface area contributed by atoms with Crippen LogP contribution in [0.2, 0.25) is 0 Å². The minimum absolute atomic E-state index is 0.154. The molecule has 0 aromatic heterocycles. The highest BCUT2D eigenvalue weighted by atomic mass is 16.2. The van der Waals surface area contributed by atoms with Crippen molar-refractivity contribution in [1.29, 1.82) is 0 Å². The standard InChI is InChI=1S/C18H21NO/c1-14-9-10-17(15(2)11-14)12-18(20)19(3)13-16-7-5-4-6-8-16/h4-11H,12-13H2,1-3H3. The van der Waals surface area contributed by atoms with Crippen molar-refractivity contribution in [2.45, 2.75) is 26.8 Å². The van der Waals surface area contributed by atoms with Gasteiger partial charge in [0.15, 0.2) is 0 Å². The van der Waals surface area contributed by atoms with E-state index in [0.717, 1.165) is 11.1 Å². The van der Waals surface area contributed by atoms with Crippen molar-refractivity contribution in [2.24, 2.45) is 0 Å². The summed E-state index contributed by atoms with van der Waals surface area (Å²) in [4.78, 5) is 14.1. The van der Waals surface area contributed by atoms with Gasteiger partial charge in [0.25, 0.3) is 0 Å². The molecule has 0 bridgehead atoms. The van der Waals surface area contributed by atoms with Gasteiger partial charge < -0.3 is 4.90 Å². The number of hydrogen-bond acceptors (Lipinski definition) is 1. The summed E-state index contributed by atoms with van der Waals surface area (Å²) in [6.45, 7) is 4.79. The molecule has 2 heteroatoms. The normalized spacial score (nSPS) is 10.3. The van der Waals surface area contributed by atoms with Gasteiger partial charge in [-0.1, -0.05) is 54.1 Å². The van der Waals surface area contributed by atoms with Gasteiger partial charge >= 0.3 is 0 Å². The Morgan fingerprint density at radius 1 is 1.05 bits per heavy atom. The molecule has 0 unspecified atom stereocenters. The van der Waals surface area contributed by atoms with Gasteiger partial charge in [0.1, 0.15) is 0 Å². The molecule has 1 amide bonds. The number of aryl methyl sites for hydroxylation is 2. The first-order valence-electron chi connectivity index (χ1n) is 6.90. The summed E-state index contributed by atoms with van der Waals surface area (Å²) in [5.74, 6) is 0.154. The molecule has 0 heterocycles. The van der Waals surface area contributed by atoms with Gasteiger partial charge in [-0.05, 0) is 30.5 Å². The third kappa shape index (κ3) is 3.70. The van der Waals surface area contributed by atoms with Gasteiger partial charge in [0.05, 0.1) is 6.42 Å². The van der Waals surface area contributed by atoms with Crippen LogP contribution in [0.25, 0.3) is 0 Å². The molecule has 0 saturated carbocycles. The zero-order chi connectivity index (χ0) is 14.5. The highest BCUT2D eigenvalue weighted by Crippen LogP contribution is 2.13. The van der Waals surface area contributed by atoms with Gasteiger partial charge in [0.2, 0.25) is 5.91 Å². The Bertz CT molecular complexity index is 590. The third-order valence-electron chi connectivity index (χ3n) is 3.53.